The third-order valence-electron chi connectivity index (χ3n) is 5.35. The molecule has 0 saturated carbocycles. The highest BCUT2D eigenvalue weighted by Gasteiger charge is 2.16. The third kappa shape index (κ3) is 4.34. The Balaban J connectivity index is 1.66. The fraction of sp³-hybridized carbons (Fsp3) is 0.240. The van der Waals surface area contributed by atoms with Gasteiger partial charge in [-0.1, -0.05) is 56.3 Å². The summed E-state index contributed by atoms with van der Waals surface area (Å²) < 4.78 is 5.45. The van der Waals surface area contributed by atoms with Crippen LogP contribution < -0.4 is 10.9 Å². The third-order valence-corrected chi connectivity index (χ3v) is 6.29. The van der Waals surface area contributed by atoms with Crippen LogP contribution in [0, 0.1) is 0 Å². The number of hydrogen-bond acceptors (Lipinski definition) is 4. The molecule has 2 aromatic heterocycles. The van der Waals surface area contributed by atoms with Gasteiger partial charge >= 0.3 is 5.63 Å². The number of aryl methyl sites for hydroxylation is 2. The van der Waals surface area contributed by atoms with Gasteiger partial charge in [-0.2, -0.15) is 0 Å². The van der Waals surface area contributed by atoms with Gasteiger partial charge in [0, 0.05) is 22.9 Å². The molecule has 29 heavy (non-hydrogen) atoms. The molecule has 148 valence electrons. The Kier molecular flexibility index (Phi) is 5.93. The van der Waals surface area contributed by atoms with Crippen molar-refractivity contribution in [2.45, 2.75) is 39.3 Å². The quantitative estimate of drug-likeness (QED) is 0.393. The second kappa shape index (κ2) is 8.76. The van der Waals surface area contributed by atoms with Crippen molar-refractivity contribution in [3.63, 3.8) is 0 Å². The summed E-state index contributed by atoms with van der Waals surface area (Å²) in [6.45, 7) is 4.85. The molecule has 0 unspecified atom stereocenters. The minimum Gasteiger partial charge on any atom is -0.423 e. The fourth-order valence-corrected chi connectivity index (χ4v) is 4.46. The SMILES string of the molecule is CCc1ccc([C@H](NCc2cc(=O)oc3cc(CC)ccc23)c2cccs2)cc1. The average Bonchev–Trinajstić information content (AvgIpc) is 3.28. The van der Waals surface area contributed by atoms with Crippen molar-refractivity contribution in [3.05, 3.63) is 104 Å². The molecule has 1 atom stereocenters. The van der Waals surface area contributed by atoms with Crippen molar-refractivity contribution < 1.29 is 4.42 Å². The minimum absolute atomic E-state index is 0.0816. The molecule has 0 amide bonds. The van der Waals surface area contributed by atoms with Crippen molar-refractivity contribution in [2.75, 3.05) is 0 Å². The van der Waals surface area contributed by atoms with E-state index in [0.717, 1.165) is 23.8 Å². The van der Waals surface area contributed by atoms with Crippen molar-refractivity contribution in [3.8, 4) is 0 Å². The molecule has 0 aliphatic rings. The van der Waals surface area contributed by atoms with E-state index in [0.29, 0.717) is 12.1 Å². The lowest BCUT2D eigenvalue weighted by Gasteiger charge is -2.19. The van der Waals surface area contributed by atoms with E-state index in [2.05, 4.69) is 73.1 Å². The maximum absolute atomic E-state index is 12.1. The highest BCUT2D eigenvalue weighted by Crippen LogP contribution is 2.28. The van der Waals surface area contributed by atoms with Crippen molar-refractivity contribution in [1.82, 2.24) is 5.32 Å². The Morgan fingerprint density at radius 2 is 1.72 bits per heavy atom. The van der Waals surface area contributed by atoms with Gasteiger partial charge in [0.05, 0.1) is 6.04 Å². The van der Waals surface area contributed by atoms with Crippen LogP contribution in [0.4, 0.5) is 0 Å². The number of hydrogen-bond donors (Lipinski definition) is 1. The maximum Gasteiger partial charge on any atom is 0.336 e. The van der Waals surface area contributed by atoms with Gasteiger partial charge in [-0.15, -0.1) is 11.3 Å². The molecule has 3 nitrogen and oxygen atoms in total. The van der Waals surface area contributed by atoms with Gasteiger partial charge in [-0.25, -0.2) is 4.79 Å². The first-order valence-electron chi connectivity index (χ1n) is 10.1. The molecule has 0 bridgehead atoms. The molecular weight excluding hydrogens is 378 g/mol. The van der Waals surface area contributed by atoms with E-state index in [1.54, 1.807) is 17.4 Å². The zero-order valence-corrected chi connectivity index (χ0v) is 17.6. The van der Waals surface area contributed by atoms with E-state index in [1.807, 2.05) is 6.07 Å². The van der Waals surface area contributed by atoms with Crippen LogP contribution in [0.15, 0.2) is 75.3 Å². The molecule has 2 heterocycles. The van der Waals surface area contributed by atoms with Crippen LogP contribution in [0.2, 0.25) is 0 Å². The predicted molar refractivity (Wildman–Crippen MR) is 121 cm³/mol. The van der Waals surface area contributed by atoms with Crippen molar-refractivity contribution in [1.29, 1.82) is 0 Å². The van der Waals surface area contributed by atoms with Crippen molar-refractivity contribution >= 4 is 22.3 Å². The van der Waals surface area contributed by atoms with E-state index in [9.17, 15) is 4.79 Å². The molecule has 4 aromatic rings. The number of rotatable bonds is 7. The molecule has 0 radical (unpaired) electrons. The standard InChI is InChI=1S/C25H25NO2S/c1-3-17-7-10-19(11-8-17)25(23-6-5-13-29-23)26-16-20-15-24(27)28-22-14-18(4-2)9-12-21(20)22/h5-15,25-26H,3-4,16H2,1-2H3/t25-/m0/s1. The monoisotopic (exact) mass is 403 g/mol. The lowest BCUT2D eigenvalue weighted by molar-refractivity contribution is 0.553. The summed E-state index contributed by atoms with van der Waals surface area (Å²) >= 11 is 1.74. The van der Waals surface area contributed by atoms with Crippen molar-refractivity contribution in [2.24, 2.45) is 0 Å². The first-order chi connectivity index (χ1) is 14.2. The largest absolute Gasteiger partial charge is 0.423 e. The Morgan fingerprint density at radius 3 is 2.41 bits per heavy atom. The number of fused-ring (bicyclic) bond motifs is 1. The second-order valence-electron chi connectivity index (χ2n) is 7.20. The van der Waals surface area contributed by atoms with Crippen LogP contribution in [0.5, 0.6) is 0 Å². The Bertz CT molecular complexity index is 1140. The molecule has 0 fully saturated rings. The first-order valence-corrected chi connectivity index (χ1v) is 11.0. The highest BCUT2D eigenvalue weighted by molar-refractivity contribution is 7.10. The topological polar surface area (TPSA) is 42.2 Å². The van der Waals surface area contributed by atoms with Gasteiger partial charge in [0.1, 0.15) is 5.58 Å². The van der Waals surface area contributed by atoms with Crippen LogP contribution >= 0.6 is 11.3 Å². The molecule has 0 aliphatic heterocycles. The normalized spacial score (nSPS) is 12.3. The highest BCUT2D eigenvalue weighted by atomic mass is 32.1. The zero-order chi connectivity index (χ0) is 20.2. The Morgan fingerprint density at radius 1 is 0.966 bits per heavy atom. The maximum atomic E-state index is 12.1. The van der Waals surface area contributed by atoms with E-state index >= 15 is 0 Å². The molecule has 1 N–H and O–H groups in total. The van der Waals surface area contributed by atoms with E-state index in [-0.39, 0.29) is 11.7 Å². The number of thiophene rings is 1. The van der Waals surface area contributed by atoms with Crippen LogP contribution in [0.1, 0.15) is 47.0 Å². The van der Waals surface area contributed by atoms with Gasteiger partial charge in [0.15, 0.2) is 0 Å². The van der Waals surface area contributed by atoms with E-state index < -0.39 is 0 Å². The molecule has 0 spiro atoms. The summed E-state index contributed by atoms with van der Waals surface area (Å²) in [7, 11) is 0. The van der Waals surface area contributed by atoms with Crippen LogP contribution in [0.25, 0.3) is 11.0 Å². The summed E-state index contributed by atoms with van der Waals surface area (Å²) in [5.41, 5.74) is 5.04. The lowest BCUT2D eigenvalue weighted by Crippen LogP contribution is -2.22. The van der Waals surface area contributed by atoms with Crippen LogP contribution in [-0.4, -0.2) is 0 Å². The molecule has 4 rings (SSSR count). The van der Waals surface area contributed by atoms with Crippen LogP contribution in [0.3, 0.4) is 0 Å². The smallest absolute Gasteiger partial charge is 0.336 e. The van der Waals surface area contributed by atoms with Gasteiger partial charge in [-0.05, 0) is 52.6 Å². The summed E-state index contributed by atoms with van der Waals surface area (Å²) in [5.74, 6) is 0. The van der Waals surface area contributed by atoms with Gasteiger partial charge in [0.2, 0.25) is 0 Å². The zero-order valence-electron chi connectivity index (χ0n) is 16.8. The Labute approximate surface area is 175 Å². The predicted octanol–water partition coefficient (Wildman–Crippen LogP) is 5.86. The molecule has 0 aliphatic carbocycles. The summed E-state index contributed by atoms with van der Waals surface area (Å²) in [6.07, 6.45) is 1.94. The van der Waals surface area contributed by atoms with Crippen LogP contribution in [-0.2, 0) is 19.4 Å². The second-order valence-corrected chi connectivity index (χ2v) is 8.18. The number of nitrogens with one attached hydrogen (secondary N) is 1. The van der Waals surface area contributed by atoms with Gasteiger partial charge in [0.25, 0.3) is 0 Å². The summed E-state index contributed by atoms with van der Waals surface area (Å²) in [6, 6.07) is 20.8. The lowest BCUT2D eigenvalue weighted by atomic mass is 10.0. The molecule has 0 saturated heterocycles. The van der Waals surface area contributed by atoms with Gasteiger partial charge < -0.3 is 9.73 Å². The first kappa shape index (κ1) is 19.6. The molecule has 2 aromatic carbocycles. The molecular formula is C25H25NO2S. The Hall–Kier alpha value is -2.69. The van der Waals surface area contributed by atoms with Gasteiger partial charge in [-0.3, -0.25) is 0 Å². The number of benzene rings is 2. The minimum atomic E-state index is -0.303. The average molecular weight is 404 g/mol. The molecule has 4 heteroatoms. The van der Waals surface area contributed by atoms with E-state index in [1.165, 1.54) is 21.6 Å². The van der Waals surface area contributed by atoms with E-state index in [4.69, 9.17) is 4.42 Å². The fourth-order valence-electron chi connectivity index (χ4n) is 3.64. The summed E-state index contributed by atoms with van der Waals surface area (Å²) in [4.78, 5) is 13.4. The summed E-state index contributed by atoms with van der Waals surface area (Å²) in [5, 5.41) is 6.76.